The zero-order valence-electron chi connectivity index (χ0n) is 9.11. The van der Waals surface area contributed by atoms with Gasteiger partial charge in [0.1, 0.15) is 0 Å². The lowest BCUT2D eigenvalue weighted by Crippen LogP contribution is -2.45. The maximum atomic E-state index is 11.5. The first-order valence-electron chi connectivity index (χ1n) is 5.63. The average Bonchev–Trinajstić information content (AvgIpc) is 2.49. The van der Waals surface area contributed by atoms with Crippen molar-refractivity contribution >= 4 is 21.6 Å². The summed E-state index contributed by atoms with van der Waals surface area (Å²) in [6.45, 7) is 2.24. The molecule has 88 valence electrons. The molecule has 3 nitrogen and oxygen atoms in total. The lowest BCUT2D eigenvalue weighted by atomic mass is 10.1. The molecular formula is C10H19NO2S2. The Balaban J connectivity index is 1.84. The van der Waals surface area contributed by atoms with Crippen molar-refractivity contribution in [3.63, 3.8) is 0 Å². The van der Waals surface area contributed by atoms with Gasteiger partial charge < -0.3 is 5.32 Å². The molecule has 15 heavy (non-hydrogen) atoms. The standard InChI is InChI=1S/C10H19NO2S2/c1-8-5-10(6-14-8)11-9-3-2-4-15(12,13)7-9/h8-11H,2-7H2,1H3. The maximum absolute atomic E-state index is 11.5. The van der Waals surface area contributed by atoms with Crippen LogP contribution in [0.2, 0.25) is 0 Å². The monoisotopic (exact) mass is 249 g/mol. The number of thioether (sulfide) groups is 1. The minimum absolute atomic E-state index is 0.208. The second kappa shape index (κ2) is 4.63. The first-order chi connectivity index (χ1) is 7.05. The highest BCUT2D eigenvalue weighted by Crippen LogP contribution is 2.27. The molecule has 2 aliphatic rings. The molecule has 0 amide bonds. The highest BCUT2D eigenvalue weighted by atomic mass is 32.2. The van der Waals surface area contributed by atoms with Crippen LogP contribution in [0.3, 0.4) is 0 Å². The molecule has 2 fully saturated rings. The SMILES string of the molecule is CC1CC(NC2CCCS(=O)(=O)C2)CS1. The summed E-state index contributed by atoms with van der Waals surface area (Å²) in [6, 6.07) is 0.739. The Hall–Kier alpha value is 0.260. The Morgan fingerprint density at radius 3 is 2.73 bits per heavy atom. The first kappa shape index (κ1) is 11.7. The van der Waals surface area contributed by atoms with Crippen molar-refractivity contribution in [1.29, 1.82) is 0 Å². The van der Waals surface area contributed by atoms with Crippen molar-refractivity contribution in [3.05, 3.63) is 0 Å². The molecule has 0 saturated carbocycles. The molecule has 0 bridgehead atoms. The molecule has 0 radical (unpaired) electrons. The quantitative estimate of drug-likeness (QED) is 0.794. The van der Waals surface area contributed by atoms with Crippen molar-refractivity contribution in [2.24, 2.45) is 0 Å². The summed E-state index contributed by atoms with van der Waals surface area (Å²) in [5.41, 5.74) is 0. The van der Waals surface area contributed by atoms with Crippen LogP contribution in [0.15, 0.2) is 0 Å². The van der Waals surface area contributed by atoms with Crippen LogP contribution in [-0.4, -0.2) is 43.0 Å². The third-order valence-corrected chi connectivity index (χ3v) is 6.31. The minimum atomic E-state index is -2.76. The van der Waals surface area contributed by atoms with E-state index in [-0.39, 0.29) is 6.04 Å². The number of rotatable bonds is 2. The van der Waals surface area contributed by atoms with E-state index in [2.05, 4.69) is 12.2 Å². The van der Waals surface area contributed by atoms with E-state index in [4.69, 9.17) is 0 Å². The van der Waals surface area contributed by atoms with Crippen molar-refractivity contribution < 1.29 is 8.42 Å². The van der Waals surface area contributed by atoms with Crippen LogP contribution in [0.25, 0.3) is 0 Å². The summed E-state index contributed by atoms with van der Waals surface area (Å²) in [7, 11) is -2.76. The summed E-state index contributed by atoms with van der Waals surface area (Å²) in [4.78, 5) is 0. The first-order valence-corrected chi connectivity index (χ1v) is 8.50. The predicted octanol–water partition coefficient (Wildman–Crippen LogP) is 1.05. The predicted molar refractivity (Wildman–Crippen MR) is 65.1 cm³/mol. The van der Waals surface area contributed by atoms with Gasteiger partial charge in [0, 0.05) is 23.1 Å². The number of nitrogens with one attached hydrogen (secondary N) is 1. The zero-order chi connectivity index (χ0) is 10.9. The van der Waals surface area contributed by atoms with Crippen LogP contribution in [0.4, 0.5) is 0 Å². The Morgan fingerprint density at radius 2 is 2.13 bits per heavy atom. The molecule has 2 saturated heterocycles. The fourth-order valence-corrected chi connectivity index (χ4v) is 5.23. The van der Waals surface area contributed by atoms with Gasteiger partial charge in [-0.2, -0.15) is 11.8 Å². The largest absolute Gasteiger partial charge is 0.309 e. The average molecular weight is 249 g/mol. The van der Waals surface area contributed by atoms with Crippen molar-refractivity contribution in [3.8, 4) is 0 Å². The molecule has 2 rings (SSSR count). The van der Waals surface area contributed by atoms with Crippen LogP contribution >= 0.6 is 11.8 Å². The normalized spacial score (nSPS) is 40.5. The smallest absolute Gasteiger partial charge is 0.151 e. The lowest BCUT2D eigenvalue weighted by Gasteiger charge is -2.26. The van der Waals surface area contributed by atoms with E-state index in [1.807, 2.05) is 11.8 Å². The molecule has 0 aromatic heterocycles. The third kappa shape index (κ3) is 3.36. The minimum Gasteiger partial charge on any atom is -0.309 e. The highest BCUT2D eigenvalue weighted by molar-refractivity contribution is 8.00. The molecule has 0 aromatic rings. The fourth-order valence-electron chi connectivity index (χ4n) is 2.42. The lowest BCUT2D eigenvalue weighted by molar-refractivity contribution is 0.427. The second-order valence-electron chi connectivity index (χ2n) is 4.70. The summed E-state index contributed by atoms with van der Waals surface area (Å²) in [5.74, 6) is 1.88. The highest BCUT2D eigenvalue weighted by Gasteiger charge is 2.29. The Bertz CT molecular complexity index is 315. The van der Waals surface area contributed by atoms with Crippen LogP contribution in [0, 0.1) is 0 Å². The van der Waals surface area contributed by atoms with Gasteiger partial charge in [0.25, 0.3) is 0 Å². The van der Waals surface area contributed by atoms with E-state index in [9.17, 15) is 8.42 Å². The molecule has 0 spiro atoms. The molecule has 5 heteroatoms. The third-order valence-electron chi connectivity index (χ3n) is 3.13. The molecule has 2 heterocycles. The van der Waals surface area contributed by atoms with E-state index in [1.165, 1.54) is 6.42 Å². The van der Waals surface area contributed by atoms with Gasteiger partial charge in [0.05, 0.1) is 11.5 Å². The Labute approximate surface area is 96.3 Å². The zero-order valence-corrected chi connectivity index (χ0v) is 10.7. The van der Waals surface area contributed by atoms with Crippen LogP contribution < -0.4 is 5.32 Å². The van der Waals surface area contributed by atoms with E-state index in [0.29, 0.717) is 17.5 Å². The summed E-state index contributed by atoms with van der Waals surface area (Å²) in [6.07, 6.45) is 3.03. The molecule has 1 N–H and O–H groups in total. The van der Waals surface area contributed by atoms with Gasteiger partial charge in [0.2, 0.25) is 0 Å². The number of hydrogen-bond donors (Lipinski definition) is 1. The number of sulfone groups is 1. The van der Waals surface area contributed by atoms with E-state index >= 15 is 0 Å². The van der Waals surface area contributed by atoms with Crippen molar-refractivity contribution in [2.45, 2.75) is 43.5 Å². The molecular weight excluding hydrogens is 230 g/mol. The van der Waals surface area contributed by atoms with Gasteiger partial charge in [-0.25, -0.2) is 8.42 Å². The van der Waals surface area contributed by atoms with E-state index < -0.39 is 9.84 Å². The van der Waals surface area contributed by atoms with E-state index in [0.717, 1.165) is 23.8 Å². The van der Waals surface area contributed by atoms with Gasteiger partial charge in [0.15, 0.2) is 9.84 Å². The summed E-state index contributed by atoms with van der Waals surface area (Å²) in [5, 5.41) is 4.23. The Kier molecular flexibility index (Phi) is 3.63. The van der Waals surface area contributed by atoms with Crippen LogP contribution in [0.1, 0.15) is 26.2 Å². The van der Waals surface area contributed by atoms with Crippen LogP contribution in [0.5, 0.6) is 0 Å². The van der Waals surface area contributed by atoms with Gasteiger partial charge in [-0.15, -0.1) is 0 Å². The molecule has 3 unspecified atom stereocenters. The molecule has 0 aliphatic carbocycles. The maximum Gasteiger partial charge on any atom is 0.151 e. The molecule has 2 aliphatic heterocycles. The molecule has 0 aromatic carbocycles. The van der Waals surface area contributed by atoms with Gasteiger partial charge in [-0.05, 0) is 19.3 Å². The second-order valence-corrected chi connectivity index (χ2v) is 8.40. The van der Waals surface area contributed by atoms with Gasteiger partial charge in [-0.3, -0.25) is 0 Å². The van der Waals surface area contributed by atoms with Gasteiger partial charge in [-0.1, -0.05) is 6.92 Å². The summed E-state index contributed by atoms with van der Waals surface area (Å²) >= 11 is 1.98. The van der Waals surface area contributed by atoms with Crippen molar-refractivity contribution in [1.82, 2.24) is 5.32 Å². The Morgan fingerprint density at radius 1 is 1.33 bits per heavy atom. The topological polar surface area (TPSA) is 46.2 Å². The molecule has 3 atom stereocenters. The van der Waals surface area contributed by atoms with Gasteiger partial charge >= 0.3 is 0 Å². The van der Waals surface area contributed by atoms with E-state index in [1.54, 1.807) is 0 Å². The number of hydrogen-bond acceptors (Lipinski definition) is 4. The summed E-state index contributed by atoms with van der Waals surface area (Å²) < 4.78 is 22.9. The van der Waals surface area contributed by atoms with Crippen LogP contribution in [-0.2, 0) is 9.84 Å². The van der Waals surface area contributed by atoms with Crippen molar-refractivity contribution in [2.75, 3.05) is 17.3 Å². The fraction of sp³-hybridized carbons (Fsp3) is 1.00.